The van der Waals surface area contributed by atoms with Crippen LogP contribution in [0.2, 0.25) is 0 Å². The SMILES string of the molecule is Cc1ccc(CNC2CCC(C(C)C)CC2)cn1. The van der Waals surface area contributed by atoms with Crippen LogP contribution in [-0.2, 0) is 6.54 Å². The topological polar surface area (TPSA) is 24.9 Å². The normalized spacial score (nSPS) is 24.4. The number of aromatic nitrogens is 1. The van der Waals surface area contributed by atoms with Crippen LogP contribution in [0.4, 0.5) is 0 Å². The molecule has 1 N–H and O–H groups in total. The fourth-order valence-electron chi connectivity index (χ4n) is 2.86. The first-order valence-corrected chi connectivity index (χ1v) is 7.30. The van der Waals surface area contributed by atoms with Gasteiger partial charge in [-0.3, -0.25) is 4.98 Å². The van der Waals surface area contributed by atoms with Crippen molar-refractivity contribution >= 4 is 0 Å². The third-order valence-corrected chi connectivity index (χ3v) is 4.28. The van der Waals surface area contributed by atoms with E-state index in [4.69, 9.17) is 0 Å². The third-order valence-electron chi connectivity index (χ3n) is 4.28. The molecule has 0 atom stereocenters. The van der Waals surface area contributed by atoms with Crippen molar-refractivity contribution < 1.29 is 0 Å². The van der Waals surface area contributed by atoms with Crippen LogP contribution in [0, 0.1) is 18.8 Å². The maximum atomic E-state index is 4.34. The van der Waals surface area contributed by atoms with E-state index in [0.717, 1.165) is 24.1 Å². The number of nitrogens with one attached hydrogen (secondary N) is 1. The number of hydrogen-bond acceptors (Lipinski definition) is 2. The van der Waals surface area contributed by atoms with Gasteiger partial charge in [-0.2, -0.15) is 0 Å². The first-order chi connectivity index (χ1) is 8.65. The van der Waals surface area contributed by atoms with E-state index >= 15 is 0 Å². The second kappa shape index (κ2) is 6.33. The Labute approximate surface area is 111 Å². The van der Waals surface area contributed by atoms with Gasteiger partial charge in [-0.25, -0.2) is 0 Å². The average Bonchev–Trinajstić information content (AvgIpc) is 2.38. The van der Waals surface area contributed by atoms with Crippen molar-refractivity contribution in [1.82, 2.24) is 10.3 Å². The standard InChI is InChI=1S/C16H26N2/c1-12(2)15-6-8-16(9-7-15)18-11-14-5-4-13(3)17-10-14/h4-5,10,12,15-16,18H,6-9,11H2,1-3H3. The quantitative estimate of drug-likeness (QED) is 0.876. The van der Waals surface area contributed by atoms with Gasteiger partial charge < -0.3 is 5.32 Å². The molecular formula is C16H26N2. The first-order valence-electron chi connectivity index (χ1n) is 7.30. The van der Waals surface area contributed by atoms with E-state index in [2.05, 4.69) is 36.3 Å². The van der Waals surface area contributed by atoms with Crippen LogP contribution >= 0.6 is 0 Å². The summed E-state index contributed by atoms with van der Waals surface area (Å²) in [5.41, 5.74) is 2.39. The number of rotatable bonds is 4. The Balaban J connectivity index is 1.74. The Morgan fingerprint density at radius 3 is 2.50 bits per heavy atom. The van der Waals surface area contributed by atoms with Gasteiger partial charge >= 0.3 is 0 Å². The van der Waals surface area contributed by atoms with Gasteiger partial charge in [0, 0.05) is 24.5 Å². The molecule has 1 fully saturated rings. The van der Waals surface area contributed by atoms with Gasteiger partial charge in [0.15, 0.2) is 0 Å². The average molecular weight is 246 g/mol. The number of hydrogen-bond donors (Lipinski definition) is 1. The summed E-state index contributed by atoms with van der Waals surface area (Å²) in [6, 6.07) is 4.98. The lowest BCUT2D eigenvalue weighted by molar-refractivity contribution is 0.238. The minimum atomic E-state index is 0.710. The lowest BCUT2D eigenvalue weighted by Crippen LogP contribution is -2.33. The van der Waals surface area contributed by atoms with Gasteiger partial charge in [-0.1, -0.05) is 19.9 Å². The zero-order valence-electron chi connectivity index (χ0n) is 11.9. The van der Waals surface area contributed by atoms with Gasteiger partial charge in [0.05, 0.1) is 0 Å². The molecule has 1 aliphatic rings. The van der Waals surface area contributed by atoms with E-state index in [-0.39, 0.29) is 0 Å². The molecule has 0 amide bonds. The maximum Gasteiger partial charge on any atom is 0.0372 e. The molecule has 2 rings (SSSR count). The van der Waals surface area contributed by atoms with Crippen LogP contribution in [0.5, 0.6) is 0 Å². The molecule has 18 heavy (non-hydrogen) atoms. The van der Waals surface area contributed by atoms with E-state index in [0.29, 0.717) is 6.04 Å². The Morgan fingerprint density at radius 2 is 1.94 bits per heavy atom. The summed E-state index contributed by atoms with van der Waals surface area (Å²) in [5, 5.41) is 3.68. The summed E-state index contributed by atoms with van der Waals surface area (Å²) in [5.74, 6) is 1.80. The predicted molar refractivity (Wildman–Crippen MR) is 76.4 cm³/mol. The van der Waals surface area contributed by atoms with Gasteiger partial charge in [0.2, 0.25) is 0 Å². The number of aryl methyl sites for hydroxylation is 1. The minimum absolute atomic E-state index is 0.710. The van der Waals surface area contributed by atoms with Crippen LogP contribution in [0.25, 0.3) is 0 Å². The molecule has 0 aromatic carbocycles. The third kappa shape index (κ3) is 3.81. The highest BCUT2D eigenvalue weighted by Crippen LogP contribution is 2.29. The lowest BCUT2D eigenvalue weighted by Gasteiger charge is -2.31. The molecule has 0 saturated heterocycles. The summed E-state index contributed by atoms with van der Waals surface area (Å²) >= 11 is 0. The zero-order valence-corrected chi connectivity index (χ0v) is 11.9. The molecule has 100 valence electrons. The zero-order chi connectivity index (χ0) is 13.0. The van der Waals surface area contributed by atoms with Crippen molar-refractivity contribution in [1.29, 1.82) is 0 Å². The van der Waals surface area contributed by atoms with Crippen molar-refractivity contribution in [3.8, 4) is 0 Å². The van der Waals surface area contributed by atoms with E-state index in [1.54, 1.807) is 0 Å². The highest BCUT2D eigenvalue weighted by Gasteiger charge is 2.22. The number of nitrogens with zero attached hydrogens (tertiary/aromatic N) is 1. The molecule has 1 aromatic heterocycles. The Morgan fingerprint density at radius 1 is 1.22 bits per heavy atom. The van der Waals surface area contributed by atoms with Gasteiger partial charge in [-0.05, 0) is 56.1 Å². The molecule has 0 aliphatic heterocycles. The molecular weight excluding hydrogens is 220 g/mol. The van der Waals surface area contributed by atoms with Crippen molar-refractivity contribution in [2.75, 3.05) is 0 Å². The molecule has 1 heterocycles. The molecule has 1 saturated carbocycles. The number of pyridine rings is 1. The Hall–Kier alpha value is -0.890. The van der Waals surface area contributed by atoms with Gasteiger partial charge in [-0.15, -0.1) is 0 Å². The fourth-order valence-corrected chi connectivity index (χ4v) is 2.86. The predicted octanol–water partition coefficient (Wildman–Crippen LogP) is 3.69. The van der Waals surface area contributed by atoms with Crippen molar-refractivity contribution in [2.24, 2.45) is 11.8 Å². The minimum Gasteiger partial charge on any atom is -0.310 e. The van der Waals surface area contributed by atoms with E-state index in [1.165, 1.54) is 31.2 Å². The van der Waals surface area contributed by atoms with E-state index in [9.17, 15) is 0 Å². The lowest BCUT2D eigenvalue weighted by atomic mass is 9.80. The van der Waals surface area contributed by atoms with E-state index in [1.807, 2.05) is 13.1 Å². The summed E-state index contributed by atoms with van der Waals surface area (Å²) in [6.45, 7) is 7.71. The second-order valence-electron chi connectivity index (χ2n) is 6.04. The summed E-state index contributed by atoms with van der Waals surface area (Å²) < 4.78 is 0. The second-order valence-corrected chi connectivity index (χ2v) is 6.04. The smallest absolute Gasteiger partial charge is 0.0372 e. The maximum absolute atomic E-state index is 4.34. The van der Waals surface area contributed by atoms with E-state index < -0.39 is 0 Å². The monoisotopic (exact) mass is 246 g/mol. The Kier molecular flexibility index (Phi) is 4.76. The van der Waals surface area contributed by atoms with Crippen LogP contribution in [-0.4, -0.2) is 11.0 Å². The van der Waals surface area contributed by atoms with Crippen LogP contribution in [0.1, 0.15) is 50.8 Å². The summed E-state index contributed by atoms with van der Waals surface area (Å²) in [7, 11) is 0. The molecule has 0 spiro atoms. The molecule has 2 nitrogen and oxygen atoms in total. The van der Waals surface area contributed by atoms with Crippen LogP contribution in [0.15, 0.2) is 18.3 Å². The molecule has 0 unspecified atom stereocenters. The van der Waals surface area contributed by atoms with Crippen molar-refractivity contribution in [2.45, 2.75) is 59.0 Å². The summed E-state index contributed by atoms with van der Waals surface area (Å²) in [6.07, 6.45) is 7.44. The highest BCUT2D eigenvalue weighted by molar-refractivity contribution is 5.12. The highest BCUT2D eigenvalue weighted by atomic mass is 14.9. The van der Waals surface area contributed by atoms with Crippen molar-refractivity contribution in [3.05, 3.63) is 29.6 Å². The molecule has 1 aliphatic carbocycles. The largest absolute Gasteiger partial charge is 0.310 e. The molecule has 0 bridgehead atoms. The van der Waals surface area contributed by atoms with Crippen molar-refractivity contribution in [3.63, 3.8) is 0 Å². The Bertz CT molecular complexity index is 348. The van der Waals surface area contributed by atoms with Crippen LogP contribution < -0.4 is 5.32 Å². The molecule has 2 heteroatoms. The van der Waals surface area contributed by atoms with Crippen LogP contribution in [0.3, 0.4) is 0 Å². The molecule has 1 aromatic rings. The fraction of sp³-hybridized carbons (Fsp3) is 0.688. The molecule has 0 radical (unpaired) electrons. The summed E-state index contributed by atoms with van der Waals surface area (Å²) in [4.78, 5) is 4.34. The van der Waals surface area contributed by atoms with Gasteiger partial charge in [0.1, 0.15) is 0 Å². The van der Waals surface area contributed by atoms with Gasteiger partial charge in [0.25, 0.3) is 0 Å². The first kappa shape index (κ1) is 13.5.